The second-order valence-corrected chi connectivity index (χ2v) is 4.20. The number of hydrogen-bond donors (Lipinski definition) is 1. The maximum atomic E-state index is 13.1. The Hall–Kier alpha value is -1.39. The Balaban J connectivity index is 2.70. The van der Waals surface area contributed by atoms with Gasteiger partial charge in [-0.2, -0.15) is 4.39 Å². The van der Waals surface area contributed by atoms with Crippen molar-refractivity contribution in [2.24, 2.45) is 0 Å². The minimum atomic E-state index is -0.896. The molecule has 1 aromatic heterocycles. The highest BCUT2D eigenvalue weighted by molar-refractivity contribution is 6.43. The monoisotopic (exact) mass is 272 g/mol. The molecule has 0 saturated heterocycles. The Morgan fingerprint density at radius 1 is 1.35 bits per heavy atom. The number of benzene rings is 1. The second kappa shape index (κ2) is 4.47. The van der Waals surface area contributed by atoms with Crippen LogP contribution in [0.3, 0.4) is 0 Å². The van der Waals surface area contributed by atoms with Gasteiger partial charge in [-0.15, -0.1) is 0 Å². The third-order valence-corrected chi connectivity index (χ3v) is 3.05. The summed E-state index contributed by atoms with van der Waals surface area (Å²) >= 11 is 11.8. The van der Waals surface area contributed by atoms with Gasteiger partial charge in [-0.3, -0.25) is 4.79 Å². The fourth-order valence-corrected chi connectivity index (χ4v) is 1.78. The molecule has 0 aliphatic rings. The summed E-state index contributed by atoms with van der Waals surface area (Å²) in [5.41, 5.74) is -0.359. The smallest absolute Gasteiger partial charge is 0.287 e. The lowest BCUT2D eigenvalue weighted by Gasteiger charge is -2.05. The van der Waals surface area contributed by atoms with Crippen LogP contribution in [0.15, 0.2) is 23.0 Å². The molecule has 2 rings (SSSR count). The van der Waals surface area contributed by atoms with E-state index in [-0.39, 0.29) is 16.5 Å². The van der Waals surface area contributed by atoms with Crippen molar-refractivity contribution in [3.05, 3.63) is 50.1 Å². The molecule has 0 spiro atoms. The lowest BCUT2D eigenvalue weighted by Crippen LogP contribution is -2.15. The minimum absolute atomic E-state index is 0.0137. The Kier molecular flexibility index (Phi) is 3.17. The third-order valence-electron chi connectivity index (χ3n) is 2.24. The van der Waals surface area contributed by atoms with Gasteiger partial charge >= 0.3 is 0 Å². The van der Waals surface area contributed by atoms with Gasteiger partial charge in [-0.1, -0.05) is 29.3 Å². The highest BCUT2D eigenvalue weighted by atomic mass is 35.5. The molecule has 0 unspecified atom stereocenters. The molecule has 0 fully saturated rings. The average molecular weight is 273 g/mol. The number of halogens is 3. The third kappa shape index (κ3) is 2.18. The summed E-state index contributed by atoms with van der Waals surface area (Å²) in [7, 11) is 0. The predicted molar refractivity (Wildman–Crippen MR) is 65.0 cm³/mol. The van der Waals surface area contributed by atoms with E-state index < -0.39 is 11.4 Å². The van der Waals surface area contributed by atoms with Crippen molar-refractivity contribution >= 4 is 23.2 Å². The molecule has 1 aromatic carbocycles. The van der Waals surface area contributed by atoms with Crippen LogP contribution in [0, 0.1) is 12.7 Å². The number of aromatic amines is 1. The molecular formula is C11H7Cl2FN2O. The van der Waals surface area contributed by atoms with Crippen LogP contribution < -0.4 is 5.56 Å². The minimum Gasteiger partial charge on any atom is -0.304 e. The lowest BCUT2D eigenvalue weighted by atomic mass is 10.2. The van der Waals surface area contributed by atoms with Gasteiger partial charge in [0.05, 0.1) is 15.7 Å². The van der Waals surface area contributed by atoms with Gasteiger partial charge in [0.2, 0.25) is 5.82 Å². The molecule has 1 N–H and O–H groups in total. The number of hydrogen-bond acceptors (Lipinski definition) is 2. The average Bonchev–Trinajstić information content (AvgIpc) is 2.29. The summed E-state index contributed by atoms with van der Waals surface area (Å²) in [4.78, 5) is 17.5. The van der Waals surface area contributed by atoms with Gasteiger partial charge in [0.15, 0.2) is 0 Å². The molecular weight excluding hydrogens is 266 g/mol. The highest BCUT2D eigenvalue weighted by Crippen LogP contribution is 2.31. The molecule has 2 aromatic rings. The number of nitrogens with one attached hydrogen (secondary N) is 1. The van der Waals surface area contributed by atoms with Crippen LogP contribution in [-0.4, -0.2) is 9.97 Å². The van der Waals surface area contributed by atoms with Gasteiger partial charge in [-0.25, -0.2) is 4.98 Å². The molecule has 3 nitrogen and oxygen atoms in total. The quantitative estimate of drug-likeness (QED) is 0.867. The van der Waals surface area contributed by atoms with E-state index in [2.05, 4.69) is 9.97 Å². The number of aryl methyl sites for hydroxylation is 1. The molecule has 0 aliphatic carbocycles. The fraction of sp³-hybridized carbons (Fsp3) is 0.0909. The Bertz CT molecular complexity index is 640. The zero-order valence-corrected chi connectivity index (χ0v) is 10.2. The molecule has 0 aliphatic heterocycles. The first-order valence-electron chi connectivity index (χ1n) is 4.71. The van der Waals surface area contributed by atoms with E-state index in [9.17, 15) is 9.18 Å². The lowest BCUT2D eigenvalue weighted by molar-refractivity contribution is 0.589. The van der Waals surface area contributed by atoms with Crippen LogP contribution in [0.4, 0.5) is 4.39 Å². The van der Waals surface area contributed by atoms with Crippen LogP contribution in [0.2, 0.25) is 10.0 Å². The van der Waals surface area contributed by atoms with Crippen molar-refractivity contribution in [1.82, 2.24) is 9.97 Å². The van der Waals surface area contributed by atoms with Crippen LogP contribution in [0.5, 0.6) is 0 Å². The Morgan fingerprint density at radius 2 is 2.06 bits per heavy atom. The second-order valence-electron chi connectivity index (χ2n) is 3.42. The van der Waals surface area contributed by atoms with Crippen LogP contribution in [0.25, 0.3) is 11.4 Å². The van der Waals surface area contributed by atoms with Crippen molar-refractivity contribution in [3.63, 3.8) is 0 Å². The van der Waals surface area contributed by atoms with Crippen molar-refractivity contribution < 1.29 is 4.39 Å². The van der Waals surface area contributed by atoms with Gasteiger partial charge in [0, 0.05) is 5.56 Å². The van der Waals surface area contributed by atoms with Crippen LogP contribution >= 0.6 is 23.2 Å². The molecule has 1 heterocycles. The zero-order chi connectivity index (χ0) is 12.6. The number of aromatic nitrogens is 2. The number of H-pyrrole nitrogens is 1. The summed E-state index contributed by atoms with van der Waals surface area (Å²) in [6.45, 7) is 1.41. The van der Waals surface area contributed by atoms with E-state index in [4.69, 9.17) is 23.2 Å². The molecule has 0 bridgehead atoms. The Morgan fingerprint density at radius 3 is 2.71 bits per heavy atom. The molecule has 0 saturated carbocycles. The van der Waals surface area contributed by atoms with Gasteiger partial charge < -0.3 is 4.98 Å². The molecule has 88 valence electrons. The van der Waals surface area contributed by atoms with Gasteiger partial charge in [0.1, 0.15) is 5.82 Å². The number of nitrogens with zero attached hydrogens (tertiary/aromatic N) is 1. The van der Waals surface area contributed by atoms with Crippen molar-refractivity contribution in [1.29, 1.82) is 0 Å². The highest BCUT2D eigenvalue weighted by Gasteiger charge is 2.12. The molecule has 6 heteroatoms. The normalized spacial score (nSPS) is 10.6. The van der Waals surface area contributed by atoms with Gasteiger partial charge in [-0.05, 0) is 19.1 Å². The van der Waals surface area contributed by atoms with Crippen molar-refractivity contribution in [2.75, 3.05) is 0 Å². The molecule has 0 amide bonds. The topological polar surface area (TPSA) is 45.8 Å². The maximum Gasteiger partial charge on any atom is 0.287 e. The van der Waals surface area contributed by atoms with E-state index in [1.807, 2.05) is 0 Å². The first-order chi connectivity index (χ1) is 8.00. The van der Waals surface area contributed by atoms with Gasteiger partial charge in [0.25, 0.3) is 5.56 Å². The van der Waals surface area contributed by atoms with E-state index in [0.29, 0.717) is 10.6 Å². The van der Waals surface area contributed by atoms with E-state index in [1.54, 1.807) is 18.2 Å². The van der Waals surface area contributed by atoms with E-state index in [0.717, 1.165) is 0 Å². The number of rotatable bonds is 1. The van der Waals surface area contributed by atoms with Crippen LogP contribution in [0.1, 0.15) is 5.69 Å². The molecule has 17 heavy (non-hydrogen) atoms. The molecule has 0 atom stereocenters. The Labute approximate surface area is 106 Å². The summed E-state index contributed by atoms with van der Waals surface area (Å²) < 4.78 is 13.1. The zero-order valence-electron chi connectivity index (χ0n) is 8.72. The standard InChI is InChI=1S/C11H7Cl2FN2O/c1-5-9(14)11(17)16-10(15-5)6-3-2-4-7(12)8(6)13/h2-4H,1H3,(H,15,16,17). The van der Waals surface area contributed by atoms with Crippen LogP contribution in [-0.2, 0) is 0 Å². The summed E-state index contributed by atoms with van der Waals surface area (Å²) in [5, 5.41) is 0.608. The maximum absolute atomic E-state index is 13.1. The summed E-state index contributed by atoms with van der Waals surface area (Å²) in [6.07, 6.45) is 0. The first kappa shape index (κ1) is 12.1. The first-order valence-corrected chi connectivity index (χ1v) is 5.47. The fourth-order valence-electron chi connectivity index (χ4n) is 1.39. The predicted octanol–water partition coefficient (Wildman–Crippen LogP) is 3.19. The molecule has 0 radical (unpaired) electrons. The van der Waals surface area contributed by atoms with Crippen molar-refractivity contribution in [2.45, 2.75) is 6.92 Å². The van der Waals surface area contributed by atoms with Crippen molar-refractivity contribution in [3.8, 4) is 11.4 Å². The summed E-state index contributed by atoms with van der Waals surface area (Å²) in [6, 6.07) is 4.92. The largest absolute Gasteiger partial charge is 0.304 e. The van der Waals surface area contributed by atoms with E-state index in [1.165, 1.54) is 6.92 Å². The SMILES string of the molecule is Cc1nc(-c2cccc(Cl)c2Cl)[nH]c(=O)c1F. The van der Waals surface area contributed by atoms with E-state index >= 15 is 0 Å². The summed E-state index contributed by atoms with van der Waals surface area (Å²) in [5.74, 6) is -0.701.